The van der Waals surface area contributed by atoms with E-state index in [2.05, 4.69) is 10.3 Å². The van der Waals surface area contributed by atoms with E-state index in [9.17, 15) is 9.18 Å². The Kier molecular flexibility index (Phi) is 5.51. The Labute approximate surface area is 127 Å². The molecule has 0 bridgehead atoms. The number of carbonyl (C=O) groups excluding carboxylic acids is 1. The maximum atomic E-state index is 13.5. The molecule has 0 radical (unpaired) electrons. The van der Waals surface area contributed by atoms with E-state index in [0.29, 0.717) is 6.54 Å². The minimum Gasteiger partial charge on any atom is -0.352 e. The topological polar surface area (TPSA) is 46.9 Å². The predicted molar refractivity (Wildman–Crippen MR) is 80.3 cm³/mol. The fourth-order valence-electron chi connectivity index (χ4n) is 1.78. The van der Waals surface area contributed by atoms with Gasteiger partial charge < -0.3 is 9.88 Å². The quantitative estimate of drug-likeness (QED) is 0.659. The molecule has 0 saturated heterocycles. The lowest BCUT2D eigenvalue weighted by atomic mass is 10.2. The molecule has 2 rings (SSSR count). The number of aromatic nitrogens is 2. The summed E-state index contributed by atoms with van der Waals surface area (Å²) in [4.78, 5) is 15.5. The van der Waals surface area contributed by atoms with Crippen molar-refractivity contribution in [3.8, 4) is 0 Å². The maximum absolute atomic E-state index is 13.5. The summed E-state index contributed by atoms with van der Waals surface area (Å²) in [5.41, 5.74) is 0.215. The third-order valence-corrected chi connectivity index (χ3v) is 3.18. The van der Waals surface area contributed by atoms with Crippen molar-refractivity contribution in [2.24, 2.45) is 0 Å². The van der Waals surface area contributed by atoms with Crippen LogP contribution in [0.25, 0.3) is 6.08 Å². The van der Waals surface area contributed by atoms with Crippen molar-refractivity contribution in [2.75, 3.05) is 6.54 Å². The first kappa shape index (κ1) is 15.3. The Morgan fingerprint density at radius 3 is 3.05 bits per heavy atom. The zero-order valence-corrected chi connectivity index (χ0v) is 12.1. The highest BCUT2D eigenvalue weighted by Gasteiger charge is 2.03. The van der Waals surface area contributed by atoms with Crippen LogP contribution in [0.1, 0.15) is 12.0 Å². The van der Waals surface area contributed by atoms with Crippen molar-refractivity contribution in [1.29, 1.82) is 0 Å². The van der Waals surface area contributed by atoms with Crippen molar-refractivity contribution in [1.82, 2.24) is 14.9 Å². The van der Waals surface area contributed by atoms with Crippen molar-refractivity contribution in [3.05, 3.63) is 59.4 Å². The number of rotatable bonds is 6. The Balaban J connectivity index is 1.77. The highest BCUT2D eigenvalue weighted by Crippen LogP contribution is 2.20. The Bertz CT molecular complexity index is 606. The third-order valence-electron chi connectivity index (χ3n) is 2.85. The second-order valence-electron chi connectivity index (χ2n) is 4.41. The number of carbonyl (C=O) groups is 1. The Morgan fingerprint density at radius 2 is 2.33 bits per heavy atom. The van der Waals surface area contributed by atoms with Gasteiger partial charge in [-0.25, -0.2) is 9.37 Å². The molecule has 0 aliphatic heterocycles. The molecule has 1 heterocycles. The minimum atomic E-state index is -0.452. The van der Waals surface area contributed by atoms with Gasteiger partial charge in [0.25, 0.3) is 0 Å². The molecule has 0 unspecified atom stereocenters. The zero-order valence-electron chi connectivity index (χ0n) is 11.3. The monoisotopic (exact) mass is 307 g/mol. The van der Waals surface area contributed by atoms with E-state index < -0.39 is 5.82 Å². The SMILES string of the molecule is O=C(/C=C/c1c(F)cccc1Cl)NCCCn1ccnc1. The fraction of sp³-hybridized carbons (Fsp3) is 0.200. The number of amides is 1. The lowest BCUT2D eigenvalue weighted by molar-refractivity contribution is -0.116. The molecule has 1 aromatic carbocycles. The van der Waals surface area contributed by atoms with Crippen LogP contribution in [0.5, 0.6) is 0 Å². The fourth-order valence-corrected chi connectivity index (χ4v) is 2.01. The van der Waals surface area contributed by atoms with E-state index in [-0.39, 0.29) is 16.5 Å². The second kappa shape index (κ2) is 7.59. The number of imidazole rings is 1. The first-order valence-electron chi connectivity index (χ1n) is 6.52. The molecular weight excluding hydrogens is 293 g/mol. The van der Waals surface area contributed by atoms with Crippen LogP contribution in [0.15, 0.2) is 43.0 Å². The number of aryl methyl sites for hydroxylation is 1. The zero-order chi connectivity index (χ0) is 15.1. The number of hydrogen-bond donors (Lipinski definition) is 1. The average molecular weight is 308 g/mol. The summed E-state index contributed by atoms with van der Waals surface area (Å²) >= 11 is 5.87. The average Bonchev–Trinajstić information content (AvgIpc) is 2.96. The van der Waals surface area contributed by atoms with Crippen LogP contribution in [0.2, 0.25) is 5.02 Å². The number of nitrogens with one attached hydrogen (secondary N) is 1. The van der Waals surface area contributed by atoms with Crippen molar-refractivity contribution in [2.45, 2.75) is 13.0 Å². The van der Waals surface area contributed by atoms with Gasteiger partial charge in [0.2, 0.25) is 5.91 Å². The van der Waals surface area contributed by atoms with E-state index in [1.165, 1.54) is 24.3 Å². The van der Waals surface area contributed by atoms with E-state index >= 15 is 0 Å². The van der Waals surface area contributed by atoms with Crippen LogP contribution in [-0.2, 0) is 11.3 Å². The van der Waals surface area contributed by atoms with Crippen molar-refractivity contribution < 1.29 is 9.18 Å². The summed E-state index contributed by atoms with van der Waals surface area (Å²) < 4.78 is 15.4. The molecule has 0 fully saturated rings. The molecule has 1 N–H and O–H groups in total. The smallest absolute Gasteiger partial charge is 0.244 e. The lowest BCUT2D eigenvalue weighted by Crippen LogP contribution is -2.23. The number of nitrogens with zero attached hydrogens (tertiary/aromatic N) is 2. The first-order chi connectivity index (χ1) is 10.2. The van der Waals surface area contributed by atoms with Crippen LogP contribution >= 0.6 is 11.6 Å². The lowest BCUT2D eigenvalue weighted by Gasteiger charge is -2.03. The highest BCUT2D eigenvalue weighted by molar-refractivity contribution is 6.32. The summed E-state index contributed by atoms with van der Waals surface area (Å²) in [6, 6.07) is 4.40. The molecule has 1 amide bonds. The van der Waals surface area contributed by atoms with E-state index in [4.69, 9.17) is 11.6 Å². The second-order valence-corrected chi connectivity index (χ2v) is 4.82. The van der Waals surface area contributed by atoms with Gasteiger partial charge in [-0.15, -0.1) is 0 Å². The Hall–Kier alpha value is -2.14. The first-order valence-corrected chi connectivity index (χ1v) is 6.90. The summed E-state index contributed by atoms with van der Waals surface area (Å²) in [5.74, 6) is -0.730. The molecule has 21 heavy (non-hydrogen) atoms. The van der Waals surface area contributed by atoms with Gasteiger partial charge in [-0.1, -0.05) is 17.7 Å². The minimum absolute atomic E-state index is 0.215. The summed E-state index contributed by atoms with van der Waals surface area (Å²) in [7, 11) is 0. The van der Waals surface area contributed by atoms with Gasteiger partial charge in [-0.3, -0.25) is 4.79 Å². The molecule has 0 aliphatic carbocycles. The van der Waals surface area contributed by atoms with Crippen LogP contribution in [0.4, 0.5) is 4.39 Å². The molecule has 2 aromatic rings. The van der Waals surface area contributed by atoms with Gasteiger partial charge in [0.15, 0.2) is 0 Å². The number of benzene rings is 1. The summed E-state index contributed by atoms with van der Waals surface area (Å²) in [5, 5.41) is 3.01. The predicted octanol–water partition coefficient (Wildman–Crippen LogP) is 2.90. The van der Waals surface area contributed by atoms with Crippen molar-refractivity contribution in [3.63, 3.8) is 0 Å². The maximum Gasteiger partial charge on any atom is 0.244 e. The molecule has 0 saturated carbocycles. The van der Waals surface area contributed by atoms with Gasteiger partial charge >= 0.3 is 0 Å². The number of halogens is 2. The van der Waals surface area contributed by atoms with E-state index in [1.807, 2.05) is 10.8 Å². The van der Waals surface area contributed by atoms with Gasteiger partial charge in [-0.05, 0) is 24.6 Å². The third kappa shape index (κ3) is 4.72. The van der Waals surface area contributed by atoms with Gasteiger partial charge in [0, 0.05) is 37.1 Å². The molecule has 6 heteroatoms. The molecule has 0 spiro atoms. The van der Waals surface area contributed by atoms with Crippen molar-refractivity contribution >= 4 is 23.6 Å². The highest BCUT2D eigenvalue weighted by atomic mass is 35.5. The molecular formula is C15H15ClFN3O. The molecule has 0 aliphatic rings. The normalized spacial score (nSPS) is 11.0. The van der Waals surface area contributed by atoms with Crippen LogP contribution in [0.3, 0.4) is 0 Å². The van der Waals surface area contributed by atoms with Gasteiger partial charge in [0.05, 0.1) is 11.3 Å². The molecule has 0 atom stereocenters. The summed E-state index contributed by atoms with van der Waals surface area (Å²) in [6.07, 6.45) is 8.74. The standard InChI is InChI=1S/C15H15ClFN3O/c16-13-3-1-4-14(17)12(13)5-6-15(21)19-7-2-9-20-10-8-18-11-20/h1,3-6,8,10-11H,2,7,9H2,(H,19,21)/b6-5+. The number of hydrogen-bond acceptors (Lipinski definition) is 2. The van der Waals surface area contributed by atoms with Crippen LogP contribution in [-0.4, -0.2) is 22.0 Å². The Morgan fingerprint density at radius 1 is 1.48 bits per heavy atom. The molecule has 4 nitrogen and oxygen atoms in total. The molecule has 1 aromatic heterocycles. The summed E-state index contributed by atoms with van der Waals surface area (Å²) in [6.45, 7) is 1.31. The van der Waals surface area contributed by atoms with Gasteiger partial charge in [0.1, 0.15) is 5.82 Å². The largest absolute Gasteiger partial charge is 0.352 e. The van der Waals surface area contributed by atoms with Gasteiger partial charge in [-0.2, -0.15) is 0 Å². The molecule has 110 valence electrons. The van der Waals surface area contributed by atoms with E-state index in [0.717, 1.165) is 13.0 Å². The van der Waals surface area contributed by atoms with Crippen LogP contribution < -0.4 is 5.32 Å². The van der Waals surface area contributed by atoms with E-state index in [1.54, 1.807) is 18.6 Å². The van der Waals surface area contributed by atoms with Crippen LogP contribution in [0, 0.1) is 5.82 Å².